The summed E-state index contributed by atoms with van der Waals surface area (Å²) in [6.45, 7) is 4.08. The number of hydrogen-bond acceptors (Lipinski definition) is 8. The van der Waals surface area contributed by atoms with Crippen LogP contribution in [0.2, 0.25) is 0 Å². The molecule has 0 saturated heterocycles. The van der Waals surface area contributed by atoms with Crippen LogP contribution >= 0.6 is 12.6 Å². The molecule has 1 aromatic rings. The molecule has 5 amide bonds. The molecule has 0 bridgehead atoms. The number of amides is 5. The minimum atomic E-state index is -0.976. The highest BCUT2D eigenvalue weighted by Crippen LogP contribution is 2.23. The van der Waals surface area contributed by atoms with Gasteiger partial charge in [-0.3, -0.25) is 39.2 Å². The lowest BCUT2D eigenvalue weighted by Gasteiger charge is -2.25. The molecule has 0 fully saturated rings. The van der Waals surface area contributed by atoms with Crippen LogP contribution in [-0.4, -0.2) is 70.8 Å². The van der Waals surface area contributed by atoms with Gasteiger partial charge >= 0.3 is 0 Å². The summed E-state index contributed by atoms with van der Waals surface area (Å²) in [7, 11) is 0. The fraction of sp³-hybridized carbons (Fsp3) is 0.520. The van der Waals surface area contributed by atoms with Crippen LogP contribution in [0, 0.1) is 5.92 Å². The summed E-state index contributed by atoms with van der Waals surface area (Å²) in [5.74, 6) is -2.88. The van der Waals surface area contributed by atoms with E-state index in [2.05, 4.69) is 28.3 Å². The Morgan fingerprint density at radius 1 is 1.00 bits per heavy atom. The molecule has 0 radical (unpaired) electrons. The first-order chi connectivity index (χ1) is 18.0. The summed E-state index contributed by atoms with van der Waals surface area (Å²) in [6, 6.07) is 4.69. The summed E-state index contributed by atoms with van der Waals surface area (Å²) in [6.07, 6.45) is 1.89. The van der Waals surface area contributed by atoms with Gasteiger partial charge in [0.2, 0.25) is 17.7 Å². The van der Waals surface area contributed by atoms with Gasteiger partial charge in [0, 0.05) is 13.1 Å². The van der Waals surface area contributed by atoms with Crippen molar-refractivity contribution >= 4 is 48.1 Å². The first-order valence-corrected chi connectivity index (χ1v) is 13.1. The van der Waals surface area contributed by atoms with Crippen molar-refractivity contribution in [2.24, 2.45) is 28.1 Å². The molecule has 0 aliphatic carbocycles. The quantitative estimate of drug-likeness (QED) is 0.0609. The molecule has 0 spiro atoms. The average molecular weight is 548 g/mol. The van der Waals surface area contributed by atoms with E-state index in [0.717, 1.165) is 4.90 Å². The van der Waals surface area contributed by atoms with E-state index in [0.29, 0.717) is 36.9 Å². The van der Waals surface area contributed by atoms with Gasteiger partial charge in [0.1, 0.15) is 6.04 Å². The Kier molecular flexibility index (Phi) is 11.7. The third-order valence-corrected chi connectivity index (χ3v) is 6.88. The summed E-state index contributed by atoms with van der Waals surface area (Å²) in [4.78, 5) is 68.0. The smallest absolute Gasteiger partial charge is 0.261 e. The lowest BCUT2D eigenvalue weighted by molar-refractivity contribution is -0.135. The van der Waals surface area contributed by atoms with Crippen molar-refractivity contribution in [3.05, 3.63) is 35.4 Å². The number of fused-ring (bicyclic) bond motifs is 1. The fourth-order valence-corrected chi connectivity index (χ4v) is 4.17. The summed E-state index contributed by atoms with van der Waals surface area (Å²) in [5.41, 5.74) is 17.1. The summed E-state index contributed by atoms with van der Waals surface area (Å²) < 4.78 is 0. The summed E-state index contributed by atoms with van der Waals surface area (Å²) in [5, 5.41) is 4.16. The molecule has 1 aliphatic rings. The van der Waals surface area contributed by atoms with Crippen molar-refractivity contribution in [3.8, 4) is 0 Å². The van der Waals surface area contributed by atoms with Crippen LogP contribution in [0.15, 0.2) is 29.3 Å². The zero-order valence-corrected chi connectivity index (χ0v) is 22.6. The number of carbonyl (C=O) groups excluding carboxylic acids is 5. The van der Waals surface area contributed by atoms with Crippen LogP contribution in [0.3, 0.4) is 0 Å². The van der Waals surface area contributed by atoms with E-state index < -0.39 is 35.1 Å². The third kappa shape index (κ3) is 8.28. The third-order valence-electron chi connectivity index (χ3n) is 6.38. The fourth-order valence-electron chi connectivity index (χ4n) is 3.91. The molecule has 0 saturated carbocycles. The van der Waals surface area contributed by atoms with Crippen molar-refractivity contribution in [1.82, 2.24) is 15.5 Å². The SMILES string of the molecule is CCC(C)[C@H](NC(=O)C(S)CCCN1C(=O)c2ccccc2C1=O)C(=O)NC(=O)[C@@H](N)CCCN=C(N)N. The van der Waals surface area contributed by atoms with Gasteiger partial charge in [-0.15, -0.1) is 0 Å². The molecule has 4 atom stereocenters. The monoisotopic (exact) mass is 547 g/mol. The topological polar surface area (TPSA) is 203 Å². The van der Waals surface area contributed by atoms with E-state index in [1.54, 1.807) is 31.2 Å². The molecule has 208 valence electrons. The Bertz CT molecular complexity index is 1040. The first-order valence-electron chi connectivity index (χ1n) is 12.6. The van der Waals surface area contributed by atoms with Gasteiger partial charge in [-0.1, -0.05) is 32.4 Å². The van der Waals surface area contributed by atoms with Crippen LogP contribution in [0.5, 0.6) is 0 Å². The van der Waals surface area contributed by atoms with Crippen molar-refractivity contribution in [2.45, 2.75) is 63.3 Å². The number of nitrogens with zero attached hydrogens (tertiary/aromatic N) is 2. The number of carbonyl (C=O) groups is 5. The van der Waals surface area contributed by atoms with E-state index in [-0.39, 0.29) is 43.1 Å². The van der Waals surface area contributed by atoms with Crippen molar-refractivity contribution in [3.63, 3.8) is 0 Å². The van der Waals surface area contributed by atoms with Gasteiger partial charge in [0.25, 0.3) is 11.8 Å². The van der Waals surface area contributed by atoms with Crippen molar-refractivity contribution in [1.29, 1.82) is 0 Å². The second kappa shape index (κ2) is 14.5. The second-order valence-corrected chi connectivity index (χ2v) is 9.87. The van der Waals surface area contributed by atoms with E-state index in [1.165, 1.54) is 0 Å². The van der Waals surface area contributed by atoms with Crippen molar-refractivity contribution < 1.29 is 24.0 Å². The Balaban J connectivity index is 1.87. The van der Waals surface area contributed by atoms with Gasteiger partial charge in [0.15, 0.2) is 5.96 Å². The van der Waals surface area contributed by atoms with Crippen LogP contribution in [0.4, 0.5) is 0 Å². The Morgan fingerprint density at radius 3 is 2.16 bits per heavy atom. The maximum Gasteiger partial charge on any atom is 0.261 e. The highest BCUT2D eigenvalue weighted by Gasteiger charge is 2.35. The minimum Gasteiger partial charge on any atom is -0.370 e. The molecule has 2 rings (SSSR count). The summed E-state index contributed by atoms with van der Waals surface area (Å²) >= 11 is 4.35. The maximum atomic E-state index is 12.8. The molecule has 12 nitrogen and oxygen atoms in total. The lowest BCUT2D eigenvalue weighted by atomic mass is 9.97. The van der Waals surface area contributed by atoms with Crippen molar-refractivity contribution in [2.75, 3.05) is 13.1 Å². The first kappa shape index (κ1) is 30.8. The second-order valence-electron chi connectivity index (χ2n) is 9.25. The zero-order valence-electron chi connectivity index (χ0n) is 21.7. The molecule has 1 aromatic carbocycles. The number of imide groups is 2. The maximum absolute atomic E-state index is 12.8. The van der Waals surface area contributed by atoms with Gasteiger partial charge in [-0.2, -0.15) is 12.6 Å². The van der Waals surface area contributed by atoms with E-state index in [1.807, 2.05) is 6.92 Å². The number of rotatable bonds is 14. The molecule has 1 aliphatic heterocycles. The van der Waals surface area contributed by atoms with E-state index in [4.69, 9.17) is 17.2 Å². The zero-order chi connectivity index (χ0) is 28.4. The highest BCUT2D eigenvalue weighted by atomic mass is 32.1. The number of nitrogens with one attached hydrogen (secondary N) is 2. The van der Waals surface area contributed by atoms with Gasteiger partial charge in [0.05, 0.1) is 22.4 Å². The largest absolute Gasteiger partial charge is 0.370 e. The Labute approximate surface area is 227 Å². The van der Waals surface area contributed by atoms with Gasteiger partial charge in [-0.25, -0.2) is 0 Å². The highest BCUT2D eigenvalue weighted by molar-refractivity contribution is 7.81. The number of benzene rings is 1. The molecular formula is C25H37N7O5S. The number of aliphatic imine (C=N–C) groups is 1. The number of guanidine groups is 1. The standard InChI is InChI=1S/C25H37N7O5S/c1-3-14(2)19(22(35)31-20(33)17(26)10-6-12-29-25(27)28)30-21(34)18(38)11-7-13-32-23(36)15-8-4-5-9-16(15)24(32)37/h4-5,8-9,14,17-19,38H,3,6-7,10-13,26H2,1-2H3,(H,30,34)(H4,27,28,29)(H,31,33,35)/t14?,17-,18?,19-/m0/s1. The van der Waals surface area contributed by atoms with Crippen LogP contribution in [-0.2, 0) is 14.4 Å². The Morgan fingerprint density at radius 2 is 1.61 bits per heavy atom. The van der Waals surface area contributed by atoms with Crippen LogP contribution in [0.1, 0.15) is 66.7 Å². The van der Waals surface area contributed by atoms with Crippen LogP contribution in [0.25, 0.3) is 0 Å². The van der Waals surface area contributed by atoms with Crippen LogP contribution < -0.4 is 27.8 Å². The predicted molar refractivity (Wildman–Crippen MR) is 146 cm³/mol. The number of thiol groups is 1. The number of nitrogens with two attached hydrogens (primary N) is 3. The lowest BCUT2D eigenvalue weighted by Crippen LogP contribution is -2.55. The van der Waals surface area contributed by atoms with Gasteiger partial charge in [-0.05, 0) is 43.7 Å². The molecule has 1 heterocycles. The average Bonchev–Trinajstić information content (AvgIpc) is 3.13. The molecule has 2 unspecified atom stereocenters. The molecule has 0 aromatic heterocycles. The van der Waals surface area contributed by atoms with E-state index >= 15 is 0 Å². The Hall–Kier alpha value is -3.45. The number of hydrogen-bond donors (Lipinski definition) is 6. The van der Waals surface area contributed by atoms with Gasteiger partial charge < -0.3 is 22.5 Å². The molecule has 38 heavy (non-hydrogen) atoms. The molecular weight excluding hydrogens is 510 g/mol. The predicted octanol–water partition coefficient (Wildman–Crippen LogP) is -0.0842. The molecule has 13 heteroatoms. The molecule has 8 N–H and O–H groups in total. The minimum absolute atomic E-state index is 0.0589. The normalized spacial score (nSPS) is 15.7. The van der Waals surface area contributed by atoms with E-state index in [9.17, 15) is 24.0 Å².